The van der Waals surface area contributed by atoms with Crippen LogP contribution in [0.25, 0.3) is 0 Å². The molecule has 0 spiro atoms. The zero-order valence-corrected chi connectivity index (χ0v) is 16.2. The van der Waals surface area contributed by atoms with Crippen LogP contribution in [0.15, 0.2) is 18.5 Å². The van der Waals surface area contributed by atoms with Crippen LogP contribution in [0.2, 0.25) is 0 Å². The number of sulfonamides is 1. The molecule has 1 saturated heterocycles. The Kier molecular flexibility index (Phi) is 4.90. The molecule has 1 aliphatic heterocycles. The smallest absolute Gasteiger partial charge is 0.399 e. The molecule has 3 rings (SSSR count). The highest BCUT2D eigenvalue weighted by Gasteiger charge is 2.51. The van der Waals surface area contributed by atoms with Crippen LogP contribution in [0.5, 0.6) is 0 Å². The number of rotatable bonds is 4. The van der Waals surface area contributed by atoms with Crippen LogP contribution in [0.3, 0.4) is 0 Å². The summed E-state index contributed by atoms with van der Waals surface area (Å²) < 4.78 is 39.9. The lowest BCUT2D eigenvalue weighted by Crippen LogP contribution is -2.41. The van der Waals surface area contributed by atoms with E-state index < -0.39 is 28.3 Å². The third-order valence-corrected chi connectivity index (χ3v) is 7.41. The Morgan fingerprint density at radius 1 is 1.08 bits per heavy atom. The van der Waals surface area contributed by atoms with Crippen LogP contribution in [0, 0.1) is 0 Å². The highest BCUT2D eigenvalue weighted by Crippen LogP contribution is 2.36. The second-order valence-corrected chi connectivity index (χ2v) is 9.96. The summed E-state index contributed by atoms with van der Waals surface area (Å²) in [6.07, 6.45) is 7.68. The van der Waals surface area contributed by atoms with Crippen LogP contribution < -0.4 is 10.2 Å². The first-order chi connectivity index (χ1) is 11.6. The van der Waals surface area contributed by atoms with Crippen LogP contribution in [0.4, 0.5) is 5.69 Å². The van der Waals surface area contributed by atoms with E-state index in [4.69, 9.17) is 9.31 Å². The van der Waals surface area contributed by atoms with E-state index >= 15 is 0 Å². The molecule has 0 atom stereocenters. The van der Waals surface area contributed by atoms with E-state index in [9.17, 15) is 8.42 Å². The van der Waals surface area contributed by atoms with Gasteiger partial charge in [-0.25, -0.2) is 8.42 Å². The first kappa shape index (κ1) is 18.7. The fourth-order valence-electron chi connectivity index (χ4n) is 3.24. The topological polar surface area (TPSA) is 77.5 Å². The molecule has 1 aromatic rings. The summed E-state index contributed by atoms with van der Waals surface area (Å²) in [4.78, 5) is 4.17. The first-order valence-electron chi connectivity index (χ1n) is 8.93. The van der Waals surface area contributed by atoms with Crippen molar-refractivity contribution >= 4 is 28.3 Å². The molecule has 0 amide bonds. The average molecular weight is 366 g/mol. The molecule has 138 valence electrons. The van der Waals surface area contributed by atoms with Crippen molar-refractivity contribution in [1.82, 2.24) is 4.98 Å². The lowest BCUT2D eigenvalue weighted by atomic mass is 9.80. The predicted molar refractivity (Wildman–Crippen MR) is 99.4 cm³/mol. The highest BCUT2D eigenvalue weighted by molar-refractivity contribution is 7.93. The molecule has 6 nitrogen and oxygen atoms in total. The van der Waals surface area contributed by atoms with Gasteiger partial charge in [-0.15, -0.1) is 0 Å². The minimum atomic E-state index is -3.39. The molecule has 0 aromatic carbocycles. The maximum Gasteiger partial charge on any atom is 0.496 e. The van der Waals surface area contributed by atoms with Crippen molar-refractivity contribution in [2.24, 2.45) is 0 Å². The summed E-state index contributed by atoms with van der Waals surface area (Å²) in [6.45, 7) is 7.93. The minimum absolute atomic E-state index is 0.318. The SMILES string of the molecule is CC1(C)OB(c2cncc(NS(=O)(=O)C3CCCCC3)c2)OC1(C)C. The number of nitrogens with zero attached hydrogens (tertiary/aromatic N) is 1. The summed E-state index contributed by atoms with van der Waals surface area (Å²) in [6, 6.07) is 1.75. The molecule has 8 heteroatoms. The Bertz CT molecular complexity index is 714. The van der Waals surface area contributed by atoms with Gasteiger partial charge in [-0.1, -0.05) is 19.3 Å². The van der Waals surface area contributed by atoms with E-state index in [-0.39, 0.29) is 5.25 Å². The van der Waals surface area contributed by atoms with Crippen molar-refractivity contribution in [1.29, 1.82) is 0 Å². The second kappa shape index (κ2) is 6.56. The lowest BCUT2D eigenvalue weighted by molar-refractivity contribution is 0.00578. The molecule has 1 saturated carbocycles. The van der Waals surface area contributed by atoms with Crippen molar-refractivity contribution in [3.8, 4) is 0 Å². The van der Waals surface area contributed by atoms with E-state index in [1.165, 1.54) is 6.20 Å². The minimum Gasteiger partial charge on any atom is -0.399 e. The average Bonchev–Trinajstić information content (AvgIpc) is 2.76. The summed E-state index contributed by atoms with van der Waals surface area (Å²) >= 11 is 0. The summed E-state index contributed by atoms with van der Waals surface area (Å²) in [5.74, 6) is 0. The zero-order valence-electron chi connectivity index (χ0n) is 15.4. The molecule has 1 aliphatic carbocycles. The summed E-state index contributed by atoms with van der Waals surface area (Å²) in [5.41, 5.74) is 0.269. The van der Waals surface area contributed by atoms with Gasteiger partial charge in [-0.05, 0) is 46.6 Å². The van der Waals surface area contributed by atoms with Crippen LogP contribution in [-0.2, 0) is 19.3 Å². The van der Waals surface area contributed by atoms with Crippen LogP contribution in [0.1, 0.15) is 59.8 Å². The van der Waals surface area contributed by atoms with E-state index in [1.807, 2.05) is 27.7 Å². The van der Waals surface area contributed by atoms with Gasteiger partial charge in [0.15, 0.2) is 0 Å². The molecule has 2 aliphatic rings. The monoisotopic (exact) mass is 366 g/mol. The number of hydrogen-bond donors (Lipinski definition) is 1. The Morgan fingerprint density at radius 3 is 2.28 bits per heavy atom. The molecule has 0 radical (unpaired) electrons. The number of pyridine rings is 1. The van der Waals surface area contributed by atoms with Crippen LogP contribution in [-0.4, -0.2) is 37.0 Å². The van der Waals surface area contributed by atoms with Crippen molar-refractivity contribution in [3.63, 3.8) is 0 Å². The molecule has 2 fully saturated rings. The highest BCUT2D eigenvalue weighted by atomic mass is 32.2. The van der Waals surface area contributed by atoms with E-state index in [2.05, 4.69) is 9.71 Å². The number of anilines is 1. The maximum absolute atomic E-state index is 12.6. The fraction of sp³-hybridized carbons (Fsp3) is 0.706. The van der Waals surface area contributed by atoms with E-state index in [0.717, 1.165) is 32.1 Å². The second-order valence-electron chi connectivity index (χ2n) is 8.00. The quantitative estimate of drug-likeness (QED) is 0.829. The first-order valence-corrected chi connectivity index (χ1v) is 10.5. The molecule has 1 aromatic heterocycles. The van der Waals surface area contributed by atoms with Crippen molar-refractivity contribution in [2.45, 2.75) is 76.3 Å². The molecule has 25 heavy (non-hydrogen) atoms. The zero-order chi connectivity index (χ0) is 18.3. The third-order valence-electron chi connectivity index (χ3n) is 5.54. The predicted octanol–water partition coefficient (Wildman–Crippen LogP) is 2.46. The van der Waals surface area contributed by atoms with Gasteiger partial charge >= 0.3 is 7.12 Å². The molecule has 0 bridgehead atoms. The largest absolute Gasteiger partial charge is 0.496 e. The summed E-state index contributed by atoms with van der Waals surface area (Å²) in [7, 11) is -3.95. The standard InChI is InChI=1S/C17H27BN2O4S/c1-16(2)17(3,4)24-18(23-16)13-10-14(12-19-11-13)20-25(21,22)15-8-6-5-7-9-15/h10-12,15,20H,5-9H2,1-4H3. The number of nitrogens with one attached hydrogen (secondary N) is 1. The van der Waals surface area contributed by atoms with Gasteiger partial charge < -0.3 is 9.31 Å². The third kappa shape index (κ3) is 3.86. The normalized spacial score (nSPS) is 23.6. The van der Waals surface area contributed by atoms with Gasteiger partial charge in [0, 0.05) is 11.7 Å². The number of aromatic nitrogens is 1. The van der Waals surface area contributed by atoms with Gasteiger partial charge in [0.1, 0.15) is 0 Å². The molecule has 0 unspecified atom stereocenters. The van der Waals surface area contributed by atoms with Gasteiger partial charge in [-0.2, -0.15) is 0 Å². The Morgan fingerprint density at radius 2 is 1.68 bits per heavy atom. The maximum atomic E-state index is 12.6. The van der Waals surface area contributed by atoms with Gasteiger partial charge in [0.2, 0.25) is 10.0 Å². The van der Waals surface area contributed by atoms with Crippen molar-refractivity contribution < 1.29 is 17.7 Å². The van der Waals surface area contributed by atoms with Gasteiger partial charge in [-0.3, -0.25) is 9.71 Å². The Hall–Kier alpha value is -1.12. The van der Waals surface area contributed by atoms with E-state index in [0.29, 0.717) is 11.2 Å². The van der Waals surface area contributed by atoms with E-state index in [1.54, 1.807) is 12.3 Å². The molecule has 1 N–H and O–H groups in total. The molecular formula is C17H27BN2O4S. The van der Waals surface area contributed by atoms with Crippen molar-refractivity contribution in [3.05, 3.63) is 18.5 Å². The van der Waals surface area contributed by atoms with Crippen molar-refractivity contribution in [2.75, 3.05) is 4.72 Å². The summed E-state index contributed by atoms with van der Waals surface area (Å²) in [5, 5.41) is -0.318. The molecular weight excluding hydrogens is 339 g/mol. The lowest BCUT2D eigenvalue weighted by Gasteiger charge is -2.32. The Labute approximate surface area is 150 Å². The fourth-order valence-corrected chi connectivity index (χ4v) is 4.81. The van der Waals surface area contributed by atoms with Crippen LogP contribution >= 0.6 is 0 Å². The Balaban J connectivity index is 1.76. The molecule has 2 heterocycles. The van der Waals surface area contributed by atoms with Gasteiger partial charge in [0.05, 0.1) is 28.3 Å². The van der Waals surface area contributed by atoms with Gasteiger partial charge in [0.25, 0.3) is 0 Å². The number of hydrogen-bond acceptors (Lipinski definition) is 5.